The topological polar surface area (TPSA) is 373 Å². The Balaban J connectivity index is 0.894. The second kappa shape index (κ2) is 30.3. The highest BCUT2D eigenvalue weighted by Crippen LogP contribution is 2.43. The SMILES string of the molecule is Cc1cc(S(=O)(=O)O)c2c(NC(=O)CCCn3cc(CCCCC(=O)C4CC(OC5OC(CO)C(O)C(O[C@@H](CC6CCCCC6)C(=O)O)C5OC(=O)c5ccccc5)C(OC5OC(C)C(O)C(O)C5O)C(n5cc(-c6cccc(F)c6)nn5)C4)nn3)cccc2c1. The van der Waals surface area contributed by atoms with Crippen molar-refractivity contribution in [3.05, 3.63) is 120 Å². The number of hydrogen-bond donors (Lipinski definition) is 8. The Morgan fingerprint density at radius 1 is 0.793 bits per heavy atom. The lowest BCUT2D eigenvalue weighted by Gasteiger charge is -2.48. The number of unbranched alkanes of at least 4 members (excludes halogenated alkanes) is 1. The maximum absolute atomic E-state index is 14.8. The summed E-state index contributed by atoms with van der Waals surface area (Å²) in [7, 11) is -4.61. The molecule has 28 heteroatoms. The molecule has 2 aromatic heterocycles. The number of carbonyl (C=O) groups is 4. The van der Waals surface area contributed by atoms with Gasteiger partial charge in [-0.15, -0.1) is 10.2 Å². The number of halogens is 1. The Morgan fingerprint density at radius 3 is 2.30 bits per heavy atom. The number of aryl methyl sites for hydroxylation is 3. The summed E-state index contributed by atoms with van der Waals surface area (Å²) in [5.74, 6) is -4.41. The predicted molar refractivity (Wildman–Crippen MR) is 323 cm³/mol. The van der Waals surface area contributed by atoms with Crippen LogP contribution in [0.15, 0.2) is 102 Å². The van der Waals surface area contributed by atoms with Crippen LogP contribution in [-0.4, -0.2) is 184 Å². The number of hydrogen-bond acceptors (Lipinski definition) is 21. The van der Waals surface area contributed by atoms with E-state index in [-0.39, 0.29) is 71.0 Å². The lowest BCUT2D eigenvalue weighted by Crippen LogP contribution is -2.64. The first-order valence-electron chi connectivity index (χ1n) is 31.1. The van der Waals surface area contributed by atoms with E-state index in [4.69, 9.17) is 28.4 Å². The summed E-state index contributed by atoms with van der Waals surface area (Å²) in [4.78, 5) is 54.9. The third-order valence-electron chi connectivity index (χ3n) is 17.7. The molecule has 0 spiro atoms. The number of ether oxygens (including phenoxy) is 6. The van der Waals surface area contributed by atoms with Gasteiger partial charge in [-0.05, 0) is 112 Å². The fraction of sp³-hybridized carbons (Fsp3) is 0.531. The Bertz CT molecular complexity index is 3630. The molecule has 2 aliphatic carbocycles. The molecule has 0 bridgehead atoms. The number of esters is 1. The number of nitrogens with zero attached hydrogens (tertiary/aromatic N) is 6. The van der Waals surface area contributed by atoms with Gasteiger partial charge in [0.25, 0.3) is 10.1 Å². The van der Waals surface area contributed by atoms with Crippen molar-refractivity contribution in [2.45, 2.75) is 201 Å². The number of fused-ring (bicyclic) bond motifs is 1. The number of ketones is 1. The molecule has 92 heavy (non-hydrogen) atoms. The number of aliphatic hydroxyl groups excluding tert-OH is 5. The number of aromatic nitrogens is 6. The summed E-state index contributed by atoms with van der Waals surface area (Å²) in [6, 6.07) is 20.3. The summed E-state index contributed by atoms with van der Waals surface area (Å²) in [6.07, 6.45) is -11.9. The highest BCUT2D eigenvalue weighted by molar-refractivity contribution is 7.86. The van der Waals surface area contributed by atoms with Crippen LogP contribution in [-0.2, 0) is 65.9 Å². The van der Waals surface area contributed by atoms with E-state index in [2.05, 4.69) is 25.9 Å². The maximum Gasteiger partial charge on any atom is 0.338 e. The molecule has 10 rings (SSSR count). The van der Waals surface area contributed by atoms with Crippen LogP contribution < -0.4 is 5.32 Å². The lowest BCUT2D eigenvalue weighted by molar-refractivity contribution is -0.348. The molecule has 2 saturated carbocycles. The van der Waals surface area contributed by atoms with Gasteiger partial charge in [0.15, 0.2) is 24.8 Å². The second-order valence-corrected chi connectivity index (χ2v) is 25.7. The monoisotopic (exact) mass is 1300 g/mol. The summed E-state index contributed by atoms with van der Waals surface area (Å²) in [5, 5.41) is 87.4. The molecule has 2 saturated heterocycles. The number of Topliss-reactive ketones (excluding diaryl/α,β-unsaturated/α-hetero) is 1. The molecule has 14 unspecified atom stereocenters. The molecule has 26 nitrogen and oxygen atoms in total. The molecule has 6 aromatic rings. The zero-order valence-corrected chi connectivity index (χ0v) is 51.6. The van der Waals surface area contributed by atoms with Crippen LogP contribution in [0.3, 0.4) is 0 Å². The van der Waals surface area contributed by atoms with Gasteiger partial charge in [0.1, 0.15) is 64.9 Å². The van der Waals surface area contributed by atoms with Crippen molar-refractivity contribution in [1.29, 1.82) is 0 Å². The van der Waals surface area contributed by atoms with E-state index in [0.717, 1.165) is 32.1 Å². The van der Waals surface area contributed by atoms with E-state index in [1.165, 1.54) is 54.2 Å². The van der Waals surface area contributed by atoms with Crippen LogP contribution in [0.5, 0.6) is 0 Å². The summed E-state index contributed by atoms with van der Waals surface area (Å²) < 4.78 is 90.6. The normalized spacial score (nSPS) is 27.5. The smallest absolute Gasteiger partial charge is 0.338 e. The minimum atomic E-state index is -4.61. The van der Waals surface area contributed by atoms with Crippen molar-refractivity contribution in [3.63, 3.8) is 0 Å². The van der Waals surface area contributed by atoms with Crippen LogP contribution in [0.2, 0.25) is 0 Å². The van der Waals surface area contributed by atoms with Gasteiger partial charge in [0.2, 0.25) is 5.91 Å². The predicted octanol–water partition coefficient (Wildman–Crippen LogP) is 5.45. The van der Waals surface area contributed by atoms with Crippen molar-refractivity contribution in [2.24, 2.45) is 11.8 Å². The summed E-state index contributed by atoms with van der Waals surface area (Å²) in [5.41, 5.74) is 2.08. The van der Waals surface area contributed by atoms with Gasteiger partial charge in [0, 0.05) is 48.1 Å². The quantitative estimate of drug-likeness (QED) is 0.0190. The first kappa shape index (κ1) is 67.8. The number of benzene rings is 4. The molecule has 8 N–H and O–H groups in total. The number of aliphatic hydroxyl groups is 5. The van der Waals surface area contributed by atoms with E-state index in [0.29, 0.717) is 54.4 Å². The van der Waals surface area contributed by atoms with Crippen molar-refractivity contribution in [2.75, 3.05) is 11.9 Å². The van der Waals surface area contributed by atoms with E-state index < -0.39 is 132 Å². The summed E-state index contributed by atoms with van der Waals surface area (Å²) >= 11 is 0. The van der Waals surface area contributed by atoms with Gasteiger partial charge in [-0.25, -0.2) is 18.7 Å². The number of anilines is 1. The Kier molecular flexibility index (Phi) is 22.4. The molecule has 4 aromatic carbocycles. The van der Waals surface area contributed by atoms with Crippen molar-refractivity contribution < 1.29 is 95.6 Å². The first-order chi connectivity index (χ1) is 44.1. The van der Waals surface area contributed by atoms with Crippen molar-refractivity contribution in [1.82, 2.24) is 30.0 Å². The number of aliphatic carboxylic acids is 1. The molecule has 1 amide bonds. The average Bonchev–Trinajstić information content (AvgIpc) is 0.985. The lowest BCUT2D eigenvalue weighted by atomic mass is 9.78. The van der Waals surface area contributed by atoms with Gasteiger partial charge in [0.05, 0.1) is 42.3 Å². The third-order valence-corrected chi connectivity index (χ3v) is 18.5. The number of rotatable bonds is 26. The molecular weight excluding hydrogens is 1220 g/mol. The number of nitrogens with one attached hydrogen (secondary N) is 1. The third kappa shape index (κ3) is 16.5. The fourth-order valence-electron chi connectivity index (χ4n) is 12.8. The van der Waals surface area contributed by atoms with E-state index >= 15 is 0 Å². The second-order valence-electron chi connectivity index (χ2n) is 24.3. The number of carbonyl (C=O) groups excluding carboxylic acids is 3. The first-order valence-corrected chi connectivity index (χ1v) is 32.6. The fourth-order valence-corrected chi connectivity index (χ4v) is 13.7. The highest BCUT2D eigenvalue weighted by Gasteiger charge is 2.55. The van der Waals surface area contributed by atoms with E-state index in [9.17, 15) is 67.2 Å². The average molecular weight is 1300 g/mol. The largest absolute Gasteiger partial charge is 0.479 e. The zero-order valence-electron chi connectivity index (χ0n) is 50.8. The van der Waals surface area contributed by atoms with Crippen LogP contribution in [0, 0.1) is 24.6 Å². The number of carboxylic acids is 1. The van der Waals surface area contributed by atoms with E-state index in [1.807, 2.05) is 0 Å². The van der Waals surface area contributed by atoms with E-state index in [1.54, 1.807) is 66.3 Å². The van der Waals surface area contributed by atoms with Gasteiger partial charge in [-0.3, -0.25) is 18.8 Å². The molecule has 4 heterocycles. The minimum absolute atomic E-state index is 0.0262. The van der Waals surface area contributed by atoms with Crippen LogP contribution in [0.25, 0.3) is 22.0 Å². The van der Waals surface area contributed by atoms with Crippen LogP contribution >= 0.6 is 0 Å². The minimum Gasteiger partial charge on any atom is -0.479 e. The Labute approximate surface area is 529 Å². The Hall–Kier alpha value is -7.06. The molecule has 496 valence electrons. The maximum atomic E-state index is 14.8. The zero-order chi connectivity index (χ0) is 65.4. The Morgan fingerprint density at radius 2 is 1.57 bits per heavy atom. The van der Waals surface area contributed by atoms with Crippen molar-refractivity contribution >= 4 is 50.2 Å². The molecule has 0 radical (unpaired) electrons. The standard InChI is InChI=1S/C64H78FN7O19S/c1-35-26-40-19-12-22-44(53(40)51(27-35)92(83,84)85)66-52(75)24-13-25-71-32-43(67-69-71)21-9-10-23-47(74)41-30-46(72-33-45(68-70-72)39-18-11-20-42(65)29-39)58(91-63-57(79)56(78)54(76)36(2)86-63)48(31-41)88-64-60(90-62(82)38-16-7-4-8-17-38)59(55(77)50(34-73)89-64)87-49(61(80)81)28-37-14-5-3-6-15-37/h4,7-8,11-12,16-20,22,26-27,29,32-33,36-37,41,46,48-50,54-60,63-64,73,76-79H,3,5-6,9-10,13-15,21,23-25,28,30-31,34H2,1-2H3,(H,66,75)(H,80,81)(H,83,84,85)/t36?,41?,46?,48?,49-,50?,54?,55?,56?,57?,58?,59?,60?,63?,64?/m0/s1. The van der Waals surface area contributed by atoms with Crippen LogP contribution in [0.1, 0.15) is 118 Å². The van der Waals surface area contributed by atoms with Gasteiger partial charge < -0.3 is 64.4 Å². The van der Waals surface area contributed by atoms with Gasteiger partial charge >= 0.3 is 11.9 Å². The molecular formula is C64H78FN7O19S. The van der Waals surface area contributed by atoms with Gasteiger partial charge in [-0.1, -0.05) is 91.1 Å². The van der Waals surface area contributed by atoms with Gasteiger partial charge in [-0.2, -0.15) is 8.42 Å². The molecule has 4 fully saturated rings. The molecule has 2 aliphatic heterocycles. The number of carboxylic acid groups (broad SMARTS) is 1. The highest BCUT2D eigenvalue weighted by atomic mass is 32.2. The number of amides is 1. The summed E-state index contributed by atoms with van der Waals surface area (Å²) in [6.45, 7) is 2.61. The molecule has 15 atom stereocenters. The van der Waals surface area contributed by atoms with Crippen molar-refractivity contribution in [3.8, 4) is 11.3 Å². The molecule has 4 aliphatic rings. The van der Waals surface area contributed by atoms with Crippen LogP contribution in [0.4, 0.5) is 10.1 Å².